The zero-order chi connectivity index (χ0) is 19.6. The minimum Gasteiger partial charge on any atom is -0.481 e. The Hall–Kier alpha value is -2.48. The van der Waals surface area contributed by atoms with E-state index in [2.05, 4.69) is 10.3 Å². The lowest BCUT2D eigenvalue weighted by Crippen LogP contribution is -2.46. The van der Waals surface area contributed by atoms with Crippen molar-refractivity contribution in [3.05, 3.63) is 35.5 Å². The molecule has 2 unspecified atom stereocenters. The zero-order valence-electron chi connectivity index (χ0n) is 15.3. The van der Waals surface area contributed by atoms with Crippen molar-refractivity contribution in [2.45, 2.75) is 32.4 Å². The second kappa shape index (κ2) is 7.64. The van der Waals surface area contributed by atoms with Gasteiger partial charge in [0.05, 0.1) is 18.1 Å². The number of nitrogens with one attached hydrogen (secondary N) is 1. The summed E-state index contributed by atoms with van der Waals surface area (Å²) in [5.41, 5.74) is -0.163. The maximum Gasteiger partial charge on any atom is 0.303 e. The molecule has 0 radical (unpaired) electrons. The molecular formula is C19H23F2N3O3. The van der Waals surface area contributed by atoms with E-state index < -0.39 is 23.3 Å². The van der Waals surface area contributed by atoms with Crippen molar-refractivity contribution < 1.29 is 23.4 Å². The number of carboxylic acid groups (broad SMARTS) is 1. The van der Waals surface area contributed by atoms with Crippen LogP contribution in [0.5, 0.6) is 0 Å². The molecule has 0 aliphatic carbocycles. The first-order valence-electron chi connectivity index (χ1n) is 8.94. The van der Waals surface area contributed by atoms with Crippen LogP contribution in [-0.2, 0) is 9.53 Å². The van der Waals surface area contributed by atoms with Gasteiger partial charge >= 0.3 is 5.97 Å². The van der Waals surface area contributed by atoms with Crippen LogP contribution in [0.15, 0.2) is 23.3 Å². The number of carboxylic acids is 1. The fourth-order valence-electron chi connectivity index (χ4n) is 3.58. The Balaban J connectivity index is 1.81. The van der Waals surface area contributed by atoms with E-state index in [1.54, 1.807) is 18.0 Å². The summed E-state index contributed by atoms with van der Waals surface area (Å²) in [5.74, 6) is -2.37. The van der Waals surface area contributed by atoms with Gasteiger partial charge in [0, 0.05) is 31.7 Å². The highest BCUT2D eigenvalue weighted by Gasteiger charge is 2.30. The van der Waals surface area contributed by atoms with Crippen molar-refractivity contribution in [2.24, 2.45) is 10.9 Å². The summed E-state index contributed by atoms with van der Waals surface area (Å²) in [6.07, 6.45) is 3.69. The summed E-state index contributed by atoms with van der Waals surface area (Å²) >= 11 is 0. The van der Waals surface area contributed by atoms with Crippen molar-refractivity contribution >= 4 is 23.6 Å². The predicted molar refractivity (Wildman–Crippen MR) is 98.6 cm³/mol. The van der Waals surface area contributed by atoms with Gasteiger partial charge in [-0.15, -0.1) is 0 Å². The summed E-state index contributed by atoms with van der Waals surface area (Å²) in [4.78, 5) is 16.5. The quantitative estimate of drug-likeness (QED) is 0.795. The van der Waals surface area contributed by atoms with Gasteiger partial charge in [0.25, 0.3) is 0 Å². The number of aliphatic carboxylic acids is 1. The SMILES string of the molecule is CCOC1(C)C=NC=C(c2cc(F)c(N3CCC(CC(=O)O)C3)c(F)c2)N1. The molecule has 27 heavy (non-hydrogen) atoms. The van der Waals surface area contributed by atoms with Crippen LogP contribution in [-0.4, -0.2) is 42.7 Å². The van der Waals surface area contributed by atoms with Gasteiger partial charge in [0.1, 0.15) is 17.3 Å². The third-order valence-corrected chi connectivity index (χ3v) is 4.74. The van der Waals surface area contributed by atoms with Gasteiger partial charge in [-0.25, -0.2) is 8.78 Å². The van der Waals surface area contributed by atoms with E-state index in [0.717, 1.165) is 0 Å². The van der Waals surface area contributed by atoms with Gasteiger partial charge in [-0.3, -0.25) is 9.79 Å². The van der Waals surface area contributed by atoms with Crippen LogP contribution in [0.3, 0.4) is 0 Å². The monoisotopic (exact) mass is 379 g/mol. The Morgan fingerprint density at radius 1 is 1.44 bits per heavy atom. The molecule has 6 nitrogen and oxygen atoms in total. The number of nitrogens with zero attached hydrogens (tertiary/aromatic N) is 2. The van der Waals surface area contributed by atoms with Crippen LogP contribution in [0.25, 0.3) is 5.70 Å². The Morgan fingerprint density at radius 2 is 2.15 bits per heavy atom. The lowest BCUT2D eigenvalue weighted by atomic mass is 10.1. The Kier molecular flexibility index (Phi) is 5.46. The minimum absolute atomic E-state index is 0.00262. The van der Waals surface area contributed by atoms with E-state index in [-0.39, 0.29) is 18.0 Å². The van der Waals surface area contributed by atoms with Gasteiger partial charge in [0.15, 0.2) is 5.72 Å². The minimum atomic E-state index is -0.897. The van der Waals surface area contributed by atoms with Crippen LogP contribution in [0.2, 0.25) is 0 Å². The Labute approximate surface area is 156 Å². The molecule has 2 aliphatic rings. The summed E-state index contributed by atoms with van der Waals surface area (Å²) in [6, 6.07) is 2.52. The fourth-order valence-corrected chi connectivity index (χ4v) is 3.58. The maximum absolute atomic E-state index is 14.7. The van der Waals surface area contributed by atoms with Crippen molar-refractivity contribution in [1.29, 1.82) is 0 Å². The molecule has 2 heterocycles. The number of rotatable bonds is 6. The lowest BCUT2D eigenvalue weighted by Gasteiger charge is -2.31. The van der Waals surface area contributed by atoms with Crippen molar-refractivity contribution in [2.75, 3.05) is 24.6 Å². The largest absolute Gasteiger partial charge is 0.481 e. The smallest absolute Gasteiger partial charge is 0.303 e. The molecule has 2 atom stereocenters. The van der Waals surface area contributed by atoms with Crippen LogP contribution in [0, 0.1) is 17.6 Å². The second-order valence-corrected chi connectivity index (χ2v) is 6.97. The van der Waals surface area contributed by atoms with E-state index in [9.17, 15) is 13.6 Å². The van der Waals surface area contributed by atoms with Gasteiger partial charge in [0.2, 0.25) is 0 Å². The number of hydrogen-bond acceptors (Lipinski definition) is 5. The molecule has 1 fully saturated rings. The Morgan fingerprint density at radius 3 is 2.78 bits per heavy atom. The maximum atomic E-state index is 14.7. The summed E-state index contributed by atoms with van der Waals surface area (Å²) < 4.78 is 35.0. The average Bonchev–Trinajstić information content (AvgIpc) is 3.01. The molecule has 1 aromatic carbocycles. The highest BCUT2D eigenvalue weighted by Crippen LogP contribution is 2.33. The van der Waals surface area contributed by atoms with Crippen LogP contribution in [0.1, 0.15) is 32.3 Å². The van der Waals surface area contributed by atoms with E-state index >= 15 is 0 Å². The molecule has 0 amide bonds. The molecule has 2 aliphatic heterocycles. The van der Waals surface area contributed by atoms with E-state index in [1.807, 2.05) is 6.92 Å². The molecular weight excluding hydrogens is 356 g/mol. The van der Waals surface area contributed by atoms with E-state index in [0.29, 0.717) is 37.4 Å². The zero-order valence-corrected chi connectivity index (χ0v) is 15.3. The molecule has 1 aromatic rings. The number of aliphatic imine (C=N–C) groups is 1. The number of hydrogen-bond donors (Lipinski definition) is 2. The molecule has 8 heteroatoms. The first kappa shape index (κ1) is 19.3. The normalized spacial score (nSPS) is 24.7. The van der Waals surface area contributed by atoms with Gasteiger partial charge < -0.3 is 20.1 Å². The van der Waals surface area contributed by atoms with Crippen molar-refractivity contribution in [3.8, 4) is 0 Å². The first-order chi connectivity index (χ1) is 12.8. The molecule has 0 spiro atoms. The summed E-state index contributed by atoms with van der Waals surface area (Å²) in [7, 11) is 0. The number of benzene rings is 1. The lowest BCUT2D eigenvalue weighted by molar-refractivity contribution is -0.137. The highest BCUT2D eigenvalue weighted by atomic mass is 19.1. The van der Waals surface area contributed by atoms with E-state index in [1.165, 1.54) is 18.3 Å². The van der Waals surface area contributed by atoms with Crippen molar-refractivity contribution in [1.82, 2.24) is 5.32 Å². The third-order valence-electron chi connectivity index (χ3n) is 4.74. The average molecular weight is 379 g/mol. The highest BCUT2D eigenvalue weighted by molar-refractivity contribution is 5.79. The molecule has 0 aromatic heterocycles. The molecule has 0 saturated carbocycles. The number of carbonyl (C=O) groups is 1. The number of anilines is 1. The van der Waals surface area contributed by atoms with Gasteiger partial charge in [-0.2, -0.15) is 0 Å². The van der Waals surface area contributed by atoms with Crippen LogP contribution in [0.4, 0.5) is 14.5 Å². The number of halogens is 2. The van der Waals surface area contributed by atoms with Crippen LogP contribution >= 0.6 is 0 Å². The third kappa shape index (κ3) is 4.27. The molecule has 1 saturated heterocycles. The fraction of sp³-hybridized carbons (Fsp3) is 0.474. The van der Waals surface area contributed by atoms with Gasteiger partial charge in [-0.05, 0) is 38.3 Å². The van der Waals surface area contributed by atoms with Gasteiger partial charge in [-0.1, -0.05) is 0 Å². The van der Waals surface area contributed by atoms with E-state index in [4.69, 9.17) is 9.84 Å². The number of ether oxygens (including phenoxy) is 1. The molecule has 3 rings (SSSR count). The second-order valence-electron chi connectivity index (χ2n) is 6.97. The van der Waals surface area contributed by atoms with Crippen molar-refractivity contribution in [3.63, 3.8) is 0 Å². The summed E-state index contributed by atoms with van der Waals surface area (Å²) in [6.45, 7) is 4.84. The standard InChI is InChI=1S/C19H23F2N3O3/c1-3-27-19(2)11-22-9-16(23-19)13-7-14(20)18(15(21)8-13)24-5-4-12(10-24)6-17(25)26/h7-9,11-12,23H,3-6,10H2,1-2H3,(H,25,26). The predicted octanol–water partition coefficient (Wildman–Crippen LogP) is 2.99. The molecule has 0 bridgehead atoms. The molecule has 146 valence electrons. The first-order valence-corrected chi connectivity index (χ1v) is 8.94. The summed E-state index contributed by atoms with van der Waals surface area (Å²) in [5, 5.41) is 12.0. The van der Waals surface area contributed by atoms with Crippen LogP contribution < -0.4 is 10.2 Å². The topological polar surface area (TPSA) is 74.2 Å². The molecule has 2 N–H and O–H groups in total. The Bertz CT molecular complexity index is 773.